The van der Waals surface area contributed by atoms with Crippen LogP contribution in [0, 0.1) is 13.8 Å². The smallest absolute Gasteiger partial charge is 0.238 e. The highest BCUT2D eigenvalue weighted by atomic mass is 32.2. The number of sulfonamides is 1. The summed E-state index contributed by atoms with van der Waals surface area (Å²) < 4.78 is 24.7. The first-order chi connectivity index (χ1) is 13.2. The summed E-state index contributed by atoms with van der Waals surface area (Å²) in [5.41, 5.74) is 2.75. The summed E-state index contributed by atoms with van der Waals surface area (Å²) in [5.74, 6) is -0.280. The molecule has 28 heavy (non-hydrogen) atoms. The second-order valence-electron chi connectivity index (χ2n) is 6.07. The van der Waals surface area contributed by atoms with Crippen molar-refractivity contribution in [1.82, 2.24) is 20.2 Å². The van der Waals surface area contributed by atoms with E-state index >= 15 is 0 Å². The van der Waals surface area contributed by atoms with E-state index in [2.05, 4.69) is 20.8 Å². The molecule has 0 fully saturated rings. The molecule has 1 amide bonds. The summed E-state index contributed by atoms with van der Waals surface area (Å²) in [6.07, 6.45) is 0. The predicted octanol–water partition coefficient (Wildman–Crippen LogP) is 1.66. The Morgan fingerprint density at radius 3 is 2.57 bits per heavy atom. The molecule has 0 atom stereocenters. The van der Waals surface area contributed by atoms with Crippen LogP contribution in [0.4, 0.5) is 5.69 Å². The molecule has 0 unspecified atom stereocenters. The molecule has 3 N–H and O–H groups in total. The van der Waals surface area contributed by atoms with E-state index in [1.165, 1.54) is 6.07 Å². The van der Waals surface area contributed by atoms with Crippen LogP contribution < -0.4 is 10.5 Å². The highest BCUT2D eigenvalue weighted by Gasteiger charge is 2.15. The molecule has 0 aliphatic heterocycles. The Labute approximate surface area is 166 Å². The molecule has 0 aliphatic carbocycles. The van der Waals surface area contributed by atoms with E-state index in [1.807, 2.05) is 31.2 Å². The largest absolute Gasteiger partial charge is 0.325 e. The van der Waals surface area contributed by atoms with E-state index in [0.717, 1.165) is 23.0 Å². The summed E-state index contributed by atoms with van der Waals surface area (Å²) >= 11 is 1.16. The molecule has 3 aromatic rings. The van der Waals surface area contributed by atoms with Crippen LogP contribution in [0.1, 0.15) is 11.1 Å². The minimum Gasteiger partial charge on any atom is -0.325 e. The standard InChI is InChI=1S/C17H18N6O3S2/c1-11-3-7-14(8-4-11)23-17(20-21-22-23)27-10-16(24)19-13-6-5-12(2)15(9-13)28(18,25)26/h3-9H,10H2,1-2H3,(H,19,24)(H2,18,25,26). The fourth-order valence-corrected chi connectivity index (χ4v) is 3.93. The lowest BCUT2D eigenvalue weighted by Crippen LogP contribution is -2.17. The number of aryl methyl sites for hydroxylation is 2. The van der Waals surface area contributed by atoms with Crippen LogP contribution in [0.3, 0.4) is 0 Å². The van der Waals surface area contributed by atoms with Crippen LogP contribution in [0.5, 0.6) is 0 Å². The minimum atomic E-state index is -3.87. The molecule has 0 saturated carbocycles. The number of amides is 1. The van der Waals surface area contributed by atoms with Gasteiger partial charge < -0.3 is 5.32 Å². The van der Waals surface area contributed by atoms with Gasteiger partial charge in [-0.2, -0.15) is 4.68 Å². The summed E-state index contributed by atoms with van der Waals surface area (Å²) in [6.45, 7) is 3.61. The maximum absolute atomic E-state index is 12.3. The normalized spacial score (nSPS) is 11.4. The zero-order valence-corrected chi connectivity index (χ0v) is 16.8. The highest BCUT2D eigenvalue weighted by Crippen LogP contribution is 2.21. The van der Waals surface area contributed by atoms with Gasteiger partial charge in [-0.25, -0.2) is 13.6 Å². The first-order valence-electron chi connectivity index (χ1n) is 8.15. The minimum absolute atomic E-state index is 0.0266. The van der Waals surface area contributed by atoms with Gasteiger partial charge in [-0.1, -0.05) is 35.5 Å². The van der Waals surface area contributed by atoms with E-state index in [9.17, 15) is 13.2 Å². The van der Waals surface area contributed by atoms with Gasteiger partial charge >= 0.3 is 0 Å². The Morgan fingerprint density at radius 2 is 1.89 bits per heavy atom. The van der Waals surface area contributed by atoms with Crippen molar-refractivity contribution in [2.45, 2.75) is 23.9 Å². The van der Waals surface area contributed by atoms with Crippen molar-refractivity contribution in [3.8, 4) is 5.69 Å². The van der Waals surface area contributed by atoms with E-state index in [4.69, 9.17) is 5.14 Å². The number of thioether (sulfide) groups is 1. The van der Waals surface area contributed by atoms with Crippen LogP contribution in [-0.4, -0.2) is 40.3 Å². The number of primary sulfonamides is 1. The van der Waals surface area contributed by atoms with Gasteiger partial charge in [0.2, 0.25) is 21.1 Å². The van der Waals surface area contributed by atoms with Gasteiger partial charge in [0.1, 0.15) is 0 Å². The highest BCUT2D eigenvalue weighted by molar-refractivity contribution is 7.99. The number of benzene rings is 2. The quantitative estimate of drug-likeness (QED) is 0.582. The molecule has 0 bridgehead atoms. The number of rotatable bonds is 6. The third kappa shape index (κ3) is 4.74. The molecular formula is C17H18N6O3S2. The fraction of sp³-hybridized carbons (Fsp3) is 0.176. The Morgan fingerprint density at radius 1 is 1.18 bits per heavy atom. The summed E-state index contributed by atoms with van der Waals surface area (Å²) in [4.78, 5) is 12.2. The Hall–Kier alpha value is -2.76. The van der Waals surface area contributed by atoms with E-state index in [1.54, 1.807) is 23.7 Å². The molecule has 0 radical (unpaired) electrons. The third-order valence-corrected chi connectivity index (χ3v) is 5.80. The summed E-state index contributed by atoms with van der Waals surface area (Å²) in [5, 5.41) is 19.9. The van der Waals surface area contributed by atoms with Gasteiger partial charge in [-0.3, -0.25) is 4.79 Å². The van der Waals surface area contributed by atoms with Crippen molar-refractivity contribution >= 4 is 33.4 Å². The van der Waals surface area contributed by atoms with Crippen LogP contribution in [0.25, 0.3) is 5.69 Å². The van der Waals surface area contributed by atoms with Gasteiger partial charge in [0.15, 0.2) is 0 Å². The van der Waals surface area contributed by atoms with Crippen LogP contribution in [-0.2, 0) is 14.8 Å². The lowest BCUT2D eigenvalue weighted by atomic mass is 10.2. The predicted molar refractivity (Wildman–Crippen MR) is 106 cm³/mol. The van der Waals surface area contributed by atoms with Gasteiger partial charge in [0.25, 0.3) is 0 Å². The van der Waals surface area contributed by atoms with E-state index in [0.29, 0.717) is 16.4 Å². The number of hydrogen-bond acceptors (Lipinski definition) is 7. The van der Waals surface area contributed by atoms with Crippen LogP contribution in [0.2, 0.25) is 0 Å². The first-order valence-corrected chi connectivity index (χ1v) is 10.7. The summed E-state index contributed by atoms with van der Waals surface area (Å²) in [6, 6.07) is 12.2. The van der Waals surface area contributed by atoms with Crippen molar-refractivity contribution in [1.29, 1.82) is 0 Å². The molecule has 1 heterocycles. The van der Waals surface area contributed by atoms with Gasteiger partial charge in [0.05, 0.1) is 16.3 Å². The lowest BCUT2D eigenvalue weighted by Gasteiger charge is -2.09. The molecule has 1 aromatic heterocycles. The Bertz CT molecular complexity index is 1110. The fourth-order valence-electron chi connectivity index (χ4n) is 2.43. The number of anilines is 1. The van der Waals surface area contributed by atoms with Gasteiger partial charge in [0, 0.05) is 5.69 Å². The molecular weight excluding hydrogens is 400 g/mol. The molecule has 2 aromatic carbocycles. The first kappa shape index (κ1) is 20.0. The van der Waals surface area contributed by atoms with Crippen LogP contribution >= 0.6 is 11.8 Å². The number of carbonyl (C=O) groups is 1. The number of nitrogens with one attached hydrogen (secondary N) is 1. The van der Waals surface area contributed by atoms with E-state index in [-0.39, 0.29) is 16.6 Å². The average molecular weight is 419 g/mol. The second-order valence-corrected chi connectivity index (χ2v) is 8.54. The zero-order valence-electron chi connectivity index (χ0n) is 15.2. The number of hydrogen-bond donors (Lipinski definition) is 2. The van der Waals surface area contributed by atoms with Gasteiger partial charge in [-0.15, -0.1) is 5.10 Å². The third-order valence-electron chi connectivity index (χ3n) is 3.83. The molecule has 9 nitrogen and oxygen atoms in total. The SMILES string of the molecule is Cc1ccc(-n2nnnc2SCC(=O)Nc2ccc(C)c(S(N)(=O)=O)c2)cc1. The number of tetrazole rings is 1. The number of nitrogens with two attached hydrogens (primary N) is 1. The number of carbonyl (C=O) groups excluding carboxylic acids is 1. The lowest BCUT2D eigenvalue weighted by molar-refractivity contribution is -0.113. The van der Waals surface area contributed by atoms with Crippen molar-refractivity contribution < 1.29 is 13.2 Å². The topological polar surface area (TPSA) is 133 Å². The second kappa shape index (κ2) is 8.09. The van der Waals surface area contributed by atoms with Crippen molar-refractivity contribution in [3.63, 3.8) is 0 Å². The Kier molecular flexibility index (Phi) is 5.77. The zero-order chi connectivity index (χ0) is 20.3. The molecule has 11 heteroatoms. The summed E-state index contributed by atoms with van der Waals surface area (Å²) in [7, 11) is -3.87. The van der Waals surface area contributed by atoms with Crippen molar-refractivity contribution in [3.05, 3.63) is 53.6 Å². The number of aromatic nitrogens is 4. The monoisotopic (exact) mass is 418 g/mol. The van der Waals surface area contributed by atoms with E-state index < -0.39 is 10.0 Å². The molecule has 3 rings (SSSR count). The molecule has 0 saturated heterocycles. The van der Waals surface area contributed by atoms with Crippen molar-refractivity contribution in [2.75, 3.05) is 11.1 Å². The molecule has 0 aliphatic rings. The molecule has 0 spiro atoms. The number of nitrogens with zero attached hydrogens (tertiary/aromatic N) is 4. The van der Waals surface area contributed by atoms with Gasteiger partial charge in [-0.05, 0) is 54.1 Å². The van der Waals surface area contributed by atoms with Crippen molar-refractivity contribution in [2.24, 2.45) is 5.14 Å². The maximum atomic E-state index is 12.3. The Balaban J connectivity index is 1.68. The maximum Gasteiger partial charge on any atom is 0.238 e. The van der Waals surface area contributed by atoms with Crippen LogP contribution in [0.15, 0.2) is 52.5 Å². The molecule has 146 valence electrons. The average Bonchev–Trinajstić information content (AvgIpc) is 3.10.